The third kappa shape index (κ3) is 3.77. The molecular formula is C10H18O3. The SMILES string of the molecule is CCOC(=O)C(CC)OCC1CC1. The van der Waals surface area contributed by atoms with Gasteiger partial charge in [-0.05, 0) is 32.1 Å². The molecule has 0 spiro atoms. The summed E-state index contributed by atoms with van der Waals surface area (Å²) in [4.78, 5) is 11.3. The zero-order valence-electron chi connectivity index (χ0n) is 8.41. The smallest absolute Gasteiger partial charge is 0.335 e. The number of carbonyl (C=O) groups is 1. The number of hydrogen-bond donors (Lipinski definition) is 0. The molecule has 1 fully saturated rings. The minimum atomic E-state index is -0.347. The van der Waals surface area contributed by atoms with Gasteiger partial charge in [0, 0.05) is 0 Å². The normalized spacial score (nSPS) is 18.3. The van der Waals surface area contributed by atoms with E-state index in [4.69, 9.17) is 9.47 Å². The van der Waals surface area contributed by atoms with Gasteiger partial charge in [-0.3, -0.25) is 0 Å². The number of carbonyl (C=O) groups excluding carboxylic acids is 1. The number of rotatable bonds is 6. The summed E-state index contributed by atoms with van der Waals surface area (Å²) in [5, 5.41) is 0. The van der Waals surface area contributed by atoms with Crippen LogP contribution in [0.25, 0.3) is 0 Å². The Kier molecular flexibility index (Phi) is 4.22. The molecule has 0 aromatic rings. The van der Waals surface area contributed by atoms with E-state index in [1.807, 2.05) is 13.8 Å². The number of hydrogen-bond acceptors (Lipinski definition) is 3. The van der Waals surface area contributed by atoms with Gasteiger partial charge < -0.3 is 9.47 Å². The first-order chi connectivity index (χ1) is 6.27. The maximum Gasteiger partial charge on any atom is 0.335 e. The standard InChI is InChI=1S/C10H18O3/c1-3-9(10(11)12-4-2)13-7-8-5-6-8/h8-9H,3-7H2,1-2H3. The molecule has 0 aromatic heterocycles. The van der Waals surface area contributed by atoms with Crippen LogP contribution in [0.4, 0.5) is 0 Å². The van der Waals surface area contributed by atoms with E-state index in [-0.39, 0.29) is 12.1 Å². The van der Waals surface area contributed by atoms with Crippen LogP contribution in [0, 0.1) is 5.92 Å². The maximum absolute atomic E-state index is 11.3. The van der Waals surface area contributed by atoms with Gasteiger partial charge in [-0.15, -0.1) is 0 Å². The second-order valence-corrected chi connectivity index (χ2v) is 3.43. The van der Waals surface area contributed by atoms with Gasteiger partial charge in [-0.2, -0.15) is 0 Å². The second-order valence-electron chi connectivity index (χ2n) is 3.43. The van der Waals surface area contributed by atoms with Crippen molar-refractivity contribution in [2.24, 2.45) is 5.92 Å². The van der Waals surface area contributed by atoms with Gasteiger partial charge in [-0.25, -0.2) is 4.79 Å². The van der Waals surface area contributed by atoms with Crippen LogP contribution in [0.5, 0.6) is 0 Å². The highest BCUT2D eigenvalue weighted by Crippen LogP contribution is 2.29. The molecule has 0 aromatic carbocycles. The van der Waals surface area contributed by atoms with Crippen LogP contribution in [0.3, 0.4) is 0 Å². The third-order valence-electron chi connectivity index (χ3n) is 2.15. The van der Waals surface area contributed by atoms with E-state index in [0.29, 0.717) is 18.9 Å². The zero-order valence-corrected chi connectivity index (χ0v) is 8.41. The van der Waals surface area contributed by atoms with Crippen molar-refractivity contribution in [2.45, 2.75) is 39.2 Å². The molecule has 3 nitrogen and oxygen atoms in total. The fourth-order valence-electron chi connectivity index (χ4n) is 1.12. The van der Waals surface area contributed by atoms with E-state index in [9.17, 15) is 4.79 Å². The van der Waals surface area contributed by atoms with Crippen molar-refractivity contribution in [1.29, 1.82) is 0 Å². The van der Waals surface area contributed by atoms with Crippen molar-refractivity contribution in [3.63, 3.8) is 0 Å². The van der Waals surface area contributed by atoms with Gasteiger partial charge in [0.1, 0.15) is 0 Å². The van der Waals surface area contributed by atoms with Crippen molar-refractivity contribution in [1.82, 2.24) is 0 Å². The van der Waals surface area contributed by atoms with Gasteiger partial charge in [0.25, 0.3) is 0 Å². The number of esters is 1. The second kappa shape index (κ2) is 5.22. The van der Waals surface area contributed by atoms with Gasteiger partial charge in [0.2, 0.25) is 0 Å². The minimum Gasteiger partial charge on any atom is -0.464 e. The summed E-state index contributed by atoms with van der Waals surface area (Å²) in [5.41, 5.74) is 0. The van der Waals surface area contributed by atoms with E-state index in [1.165, 1.54) is 12.8 Å². The lowest BCUT2D eigenvalue weighted by atomic mass is 10.3. The molecule has 0 heterocycles. The fourth-order valence-corrected chi connectivity index (χ4v) is 1.12. The predicted molar refractivity (Wildman–Crippen MR) is 49.4 cm³/mol. The lowest BCUT2D eigenvalue weighted by Gasteiger charge is -2.13. The zero-order chi connectivity index (χ0) is 9.68. The highest BCUT2D eigenvalue weighted by Gasteiger charge is 2.25. The lowest BCUT2D eigenvalue weighted by Crippen LogP contribution is -2.26. The molecular weight excluding hydrogens is 168 g/mol. The highest BCUT2D eigenvalue weighted by molar-refractivity contribution is 5.74. The first-order valence-electron chi connectivity index (χ1n) is 5.06. The molecule has 0 N–H and O–H groups in total. The molecule has 1 rings (SSSR count). The summed E-state index contributed by atoms with van der Waals surface area (Å²) < 4.78 is 10.3. The Bertz CT molecular complexity index is 164. The van der Waals surface area contributed by atoms with Crippen molar-refractivity contribution in [3.8, 4) is 0 Å². The molecule has 0 bridgehead atoms. The molecule has 1 atom stereocenters. The van der Waals surface area contributed by atoms with Crippen LogP contribution in [-0.2, 0) is 14.3 Å². The first-order valence-corrected chi connectivity index (χ1v) is 5.06. The van der Waals surface area contributed by atoms with Crippen molar-refractivity contribution in [3.05, 3.63) is 0 Å². The van der Waals surface area contributed by atoms with Crippen molar-refractivity contribution in [2.75, 3.05) is 13.2 Å². The van der Waals surface area contributed by atoms with Crippen LogP contribution >= 0.6 is 0 Å². The Labute approximate surface area is 79.4 Å². The molecule has 1 unspecified atom stereocenters. The molecule has 0 saturated heterocycles. The molecule has 3 heteroatoms. The summed E-state index contributed by atoms with van der Waals surface area (Å²) in [5.74, 6) is 0.481. The summed E-state index contributed by atoms with van der Waals surface area (Å²) in [6.07, 6.45) is 2.85. The van der Waals surface area contributed by atoms with Crippen LogP contribution in [0.1, 0.15) is 33.1 Å². The van der Waals surface area contributed by atoms with Gasteiger partial charge in [0.15, 0.2) is 6.10 Å². The Hall–Kier alpha value is -0.570. The predicted octanol–water partition coefficient (Wildman–Crippen LogP) is 1.75. The summed E-state index contributed by atoms with van der Waals surface area (Å²) in [6.45, 7) is 4.90. The summed E-state index contributed by atoms with van der Waals surface area (Å²) in [7, 11) is 0. The Morgan fingerprint density at radius 1 is 1.46 bits per heavy atom. The van der Waals surface area contributed by atoms with E-state index >= 15 is 0 Å². The Balaban J connectivity index is 2.18. The quantitative estimate of drug-likeness (QED) is 0.593. The molecule has 0 amide bonds. The topological polar surface area (TPSA) is 35.5 Å². The Morgan fingerprint density at radius 3 is 2.62 bits per heavy atom. The van der Waals surface area contributed by atoms with Crippen LogP contribution in [-0.4, -0.2) is 25.3 Å². The fraction of sp³-hybridized carbons (Fsp3) is 0.900. The average molecular weight is 186 g/mol. The molecule has 0 aliphatic heterocycles. The Morgan fingerprint density at radius 2 is 2.15 bits per heavy atom. The average Bonchev–Trinajstić information content (AvgIpc) is 2.89. The molecule has 13 heavy (non-hydrogen) atoms. The molecule has 0 radical (unpaired) electrons. The number of ether oxygens (including phenoxy) is 2. The minimum absolute atomic E-state index is 0.217. The van der Waals surface area contributed by atoms with Gasteiger partial charge >= 0.3 is 5.97 Å². The summed E-state index contributed by atoms with van der Waals surface area (Å²) in [6, 6.07) is 0. The van der Waals surface area contributed by atoms with Gasteiger partial charge in [0.05, 0.1) is 13.2 Å². The largest absolute Gasteiger partial charge is 0.464 e. The lowest BCUT2D eigenvalue weighted by molar-refractivity contribution is -0.157. The third-order valence-corrected chi connectivity index (χ3v) is 2.15. The monoisotopic (exact) mass is 186 g/mol. The molecule has 76 valence electrons. The van der Waals surface area contributed by atoms with Crippen molar-refractivity contribution >= 4 is 5.97 Å². The van der Waals surface area contributed by atoms with Crippen LogP contribution < -0.4 is 0 Å². The van der Waals surface area contributed by atoms with Crippen LogP contribution in [0.15, 0.2) is 0 Å². The molecule has 1 aliphatic carbocycles. The maximum atomic E-state index is 11.3. The van der Waals surface area contributed by atoms with E-state index in [2.05, 4.69) is 0 Å². The van der Waals surface area contributed by atoms with Crippen molar-refractivity contribution < 1.29 is 14.3 Å². The molecule has 1 saturated carbocycles. The first kappa shape index (κ1) is 10.5. The highest BCUT2D eigenvalue weighted by atomic mass is 16.6. The molecule has 1 aliphatic rings. The van der Waals surface area contributed by atoms with Crippen LogP contribution in [0.2, 0.25) is 0 Å². The van der Waals surface area contributed by atoms with E-state index in [1.54, 1.807) is 0 Å². The van der Waals surface area contributed by atoms with Gasteiger partial charge in [-0.1, -0.05) is 6.92 Å². The van der Waals surface area contributed by atoms with E-state index < -0.39 is 0 Å². The summed E-state index contributed by atoms with van der Waals surface area (Å²) >= 11 is 0. The van der Waals surface area contributed by atoms with E-state index in [0.717, 1.165) is 6.61 Å².